The number of primary amides is 1. The summed E-state index contributed by atoms with van der Waals surface area (Å²) in [5, 5.41) is 8.06. The largest absolute Gasteiger partial charge is 0.486 e. The molecule has 0 fully saturated rings. The molecule has 35 heavy (non-hydrogen) atoms. The Morgan fingerprint density at radius 1 is 1.06 bits per heavy atom. The van der Waals surface area contributed by atoms with E-state index in [4.69, 9.17) is 20.2 Å². The number of pyridine rings is 1. The minimum atomic E-state index is -0.408. The summed E-state index contributed by atoms with van der Waals surface area (Å²) >= 11 is 0. The van der Waals surface area contributed by atoms with Gasteiger partial charge in [0.05, 0.1) is 29.3 Å². The Bertz CT molecular complexity index is 1430. The summed E-state index contributed by atoms with van der Waals surface area (Å²) in [5.74, 6) is 0.637. The number of fused-ring (bicyclic) bond motifs is 2. The average molecular weight is 472 g/mol. The summed E-state index contributed by atoms with van der Waals surface area (Å²) < 4.78 is 13.2. The number of nitrogens with zero attached hydrogens (tertiary/aromatic N) is 3. The first-order valence-electron chi connectivity index (χ1n) is 11.4. The van der Waals surface area contributed by atoms with Gasteiger partial charge in [0.25, 0.3) is 5.91 Å². The lowest BCUT2D eigenvalue weighted by Gasteiger charge is -2.19. The Morgan fingerprint density at radius 2 is 1.80 bits per heavy atom. The molecule has 2 amide bonds. The fraction of sp³-hybridized carbons (Fsp3) is 0.231. The highest BCUT2D eigenvalue weighted by Crippen LogP contribution is 2.35. The van der Waals surface area contributed by atoms with E-state index in [2.05, 4.69) is 10.4 Å². The maximum atomic E-state index is 13.4. The van der Waals surface area contributed by atoms with Gasteiger partial charge in [-0.2, -0.15) is 5.10 Å². The van der Waals surface area contributed by atoms with Crippen molar-refractivity contribution in [2.75, 3.05) is 18.5 Å². The van der Waals surface area contributed by atoms with Crippen LogP contribution >= 0.6 is 0 Å². The van der Waals surface area contributed by atoms with Crippen LogP contribution in [0.5, 0.6) is 11.5 Å². The monoisotopic (exact) mass is 471 g/mol. The summed E-state index contributed by atoms with van der Waals surface area (Å²) in [7, 11) is 0. The third kappa shape index (κ3) is 4.52. The number of amides is 2. The Kier molecular flexibility index (Phi) is 5.82. The van der Waals surface area contributed by atoms with Crippen LogP contribution in [-0.4, -0.2) is 39.8 Å². The lowest BCUT2D eigenvalue weighted by atomic mass is 10.1. The van der Waals surface area contributed by atoms with Gasteiger partial charge >= 0.3 is 0 Å². The predicted molar refractivity (Wildman–Crippen MR) is 132 cm³/mol. The molecule has 5 rings (SSSR count). The smallest absolute Gasteiger partial charge is 0.256 e. The number of anilines is 1. The summed E-state index contributed by atoms with van der Waals surface area (Å²) in [6.07, 6.45) is 1.81. The molecule has 2 aromatic carbocycles. The molecule has 0 radical (unpaired) electrons. The van der Waals surface area contributed by atoms with Crippen LogP contribution in [0, 0.1) is 0 Å². The molecule has 1 aliphatic rings. The third-order valence-corrected chi connectivity index (χ3v) is 5.73. The van der Waals surface area contributed by atoms with Crippen molar-refractivity contribution in [1.82, 2.24) is 14.8 Å². The van der Waals surface area contributed by atoms with Gasteiger partial charge in [0.1, 0.15) is 13.2 Å². The second-order valence-corrected chi connectivity index (χ2v) is 8.63. The number of carbonyl (C=O) groups excluding carboxylic acids is 2. The van der Waals surface area contributed by atoms with Gasteiger partial charge in [-0.05, 0) is 55.8 Å². The Hall–Kier alpha value is -4.40. The minimum Gasteiger partial charge on any atom is -0.486 e. The van der Waals surface area contributed by atoms with Crippen molar-refractivity contribution in [3.05, 3.63) is 65.9 Å². The Balaban J connectivity index is 1.54. The third-order valence-electron chi connectivity index (χ3n) is 5.73. The molecule has 178 valence electrons. The van der Waals surface area contributed by atoms with Crippen LogP contribution in [0.25, 0.3) is 22.3 Å². The first kappa shape index (κ1) is 22.4. The highest BCUT2D eigenvalue weighted by molar-refractivity contribution is 6.12. The highest BCUT2D eigenvalue weighted by atomic mass is 16.6. The van der Waals surface area contributed by atoms with Crippen molar-refractivity contribution in [3.8, 4) is 22.8 Å². The molecule has 9 nitrogen and oxygen atoms in total. The lowest BCUT2D eigenvalue weighted by Crippen LogP contribution is -2.15. The zero-order chi connectivity index (χ0) is 24.5. The van der Waals surface area contributed by atoms with Gasteiger partial charge in [0, 0.05) is 17.3 Å². The Labute approximate surface area is 201 Å². The van der Waals surface area contributed by atoms with Gasteiger partial charge in [0.2, 0.25) is 5.91 Å². The number of benzene rings is 2. The van der Waals surface area contributed by atoms with E-state index in [0.717, 1.165) is 11.1 Å². The van der Waals surface area contributed by atoms with E-state index in [1.54, 1.807) is 41.2 Å². The molecule has 0 saturated heterocycles. The maximum Gasteiger partial charge on any atom is 0.256 e. The SMILES string of the molecule is CC(C)n1ncc2c(C(=O)Nc3ccc(CC(N)=O)cc3)cc(-c3ccc4c(c3)OCCO4)nc21. The first-order chi connectivity index (χ1) is 16.9. The second-order valence-electron chi connectivity index (χ2n) is 8.63. The van der Waals surface area contributed by atoms with Gasteiger partial charge in [0.15, 0.2) is 17.1 Å². The zero-order valence-corrected chi connectivity index (χ0v) is 19.4. The highest BCUT2D eigenvalue weighted by Gasteiger charge is 2.20. The quantitative estimate of drug-likeness (QED) is 0.442. The van der Waals surface area contributed by atoms with E-state index in [9.17, 15) is 9.59 Å². The zero-order valence-electron chi connectivity index (χ0n) is 19.4. The fourth-order valence-corrected chi connectivity index (χ4v) is 4.04. The molecule has 3 N–H and O–H groups in total. The molecule has 0 aliphatic carbocycles. The minimum absolute atomic E-state index is 0.0595. The number of hydrogen-bond donors (Lipinski definition) is 2. The predicted octanol–water partition coefficient (Wildman–Crippen LogP) is 3.73. The Morgan fingerprint density at radius 3 is 2.51 bits per heavy atom. The van der Waals surface area contributed by atoms with Crippen molar-refractivity contribution < 1.29 is 19.1 Å². The van der Waals surface area contributed by atoms with Gasteiger partial charge in [-0.1, -0.05) is 12.1 Å². The van der Waals surface area contributed by atoms with Crippen LogP contribution in [0.3, 0.4) is 0 Å². The number of aromatic nitrogens is 3. The van der Waals surface area contributed by atoms with Gasteiger partial charge in [-0.15, -0.1) is 0 Å². The standard InChI is InChI=1S/C26H25N5O4/c1-15(2)31-25-20(14-28-31)19(26(33)29-18-6-3-16(4-7-18)11-24(27)32)13-21(30-25)17-5-8-22-23(12-17)35-10-9-34-22/h3-8,12-15H,9-11H2,1-2H3,(H2,27,32)(H,29,33). The van der Waals surface area contributed by atoms with Crippen molar-refractivity contribution in [3.63, 3.8) is 0 Å². The van der Waals surface area contributed by atoms with E-state index in [0.29, 0.717) is 52.7 Å². The summed E-state index contributed by atoms with van der Waals surface area (Å²) in [4.78, 5) is 29.4. The summed E-state index contributed by atoms with van der Waals surface area (Å²) in [6.45, 7) is 5.02. The number of hydrogen-bond acceptors (Lipinski definition) is 6. The van der Waals surface area contributed by atoms with Crippen LogP contribution < -0.4 is 20.5 Å². The van der Waals surface area contributed by atoms with Crippen molar-refractivity contribution in [1.29, 1.82) is 0 Å². The number of nitrogens with one attached hydrogen (secondary N) is 1. The molecule has 3 heterocycles. The van der Waals surface area contributed by atoms with Crippen molar-refractivity contribution in [2.24, 2.45) is 5.73 Å². The van der Waals surface area contributed by atoms with Crippen LogP contribution in [-0.2, 0) is 11.2 Å². The average Bonchev–Trinajstić information content (AvgIpc) is 3.28. The molecule has 0 unspecified atom stereocenters. The number of rotatable bonds is 6. The molecule has 0 bridgehead atoms. The molecule has 1 aliphatic heterocycles. The molecule has 4 aromatic rings. The van der Waals surface area contributed by atoms with Gasteiger partial charge in [-0.3, -0.25) is 9.59 Å². The molecule has 9 heteroatoms. The van der Waals surface area contributed by atoms with Gasteiger partial charge in [-0.25, -0.2) is 9.67 Å². The molecular weight excluding hydrogens is 446 g/mol. The molecular formula is C26H25N5O4. The van der Waals surface area contributed by atoms with Crippen molar-refractivity contribution >= 4 is 28.5 Å². The number of ether oxygens (including phenoxy) is 2. The van der Waals surface area contributed by atoms with E-state index < -0.39 is 5.91 Å². The second kappa shape index (κ2) is 9.09. The normalized spacial score (nSPS) is 12.7. The van der Waals surface area contributed by atoms with E-state index in [1.807, 2.05) is 32.0 Å². The van der Waals surface area contributed by atoms with Crippen LogP contribution in [0.4, 0.5) is 5.69 Å². The fourth-order valence-electron chi connectivity index (χ4n) is 4.04. The van der Waals surface area contributed by atoms with Crippen LogP contribution in [0.2, 0.25) is 0 Å². The van der Waals surface area contributed by atoms with Crippen molar-refractivity contribution in [2.45, 2.75) is 26.3 Å². The molecule has 0 atom stereocenters. The first-order valence-corrected chi connectivity index (χ1v) is 11.4. The van der Waals surface area contributed by atoms with E-state index >= 15 is 0 Å². The summed E-state index contributed by atoms with van der Waals surface area (Å²) in [5.41, 5.74) is 9.14. The van der Waals surface area contributed by atoms with Crippen LogP contribution in [0.15, 0.2) is 54.7 Å². The molecule has 2 aromatic heterocycles. The van der Waals surface area contributed by atoms with Crippen LogP contribution in [0.1, 0.15) is 35.8 Å². The van der Waals surface area contributed by atoms with Gasteiger partial charge < -0.3 is 20.5 Å². The molecule has 0 saturated carbocycles. The number of carbonyl (C=O) groups is 2. The topological polar surface area (TPSA) is 121 Å². The lowest BCUT2D eigenvalue weighted by molar-refractivity contribution is -0.117. The summed E-state index contributed by atoms with van der Waals surface area (Å²) in [6, 6.07) is 14.5. The maximum absolute atomic E-state index is 13.4. The van der Waals surface area contributed by atoms with E-state index in [1.165, 1.54) is 0 Å². The molecule has 0 spiro atoms. The van der Waals surface area contributed by atoms with E-state index in [-0.39, 0.29) is 18.4 Å². The number of nitrogens with two attached hydrogens (primary N) is 1.